The minimum Gasteiger partial charge on any atom is -0.379 e. The molecule has 1 aliphatic heterocycles. The summed E-state index contributed by atoms with van der Waals surface area (Å²) in [5.41, 5.74) is 0. The van der Waals surface area contributed by atoms with Gasteiger partial charge in [-0.15, -0.1) is 0 Å². The highest BCUT2D eigenvalue weighted by atomic mass is 79.9. The number of hydrogen-bond acceptors (Lipinski definition) is 3. The molecule has 84 valence electrons. The minimum atomic E-state index is 0.621. The fourth-order valence-corrected chi connectivity index (χ4v) is 1.96. The third kappa shape index (κ3) is 4.26. The van der Waals surface area contributed by atoms with Gasteiger partial charge in [0.05, 0.1) is 13.2 Å². The molecule has 1 saturated heterocycles. The highest BCUT2D eigenvalue weighted by Gasteiger charge is 2.12. The summed E-state index contributed by atoms with van der Waals surface area (Å²) in [7, 11) is 2.19. The van der Waals surface area contributed by atoms with Crippen LogP contribution >= 0.6 is 15.9 Å². The molecule has 0 amide bonds. The van der Waals surface area contributed by atoms with Gasteiger partial charge >= 0.3 is 0 Å². The lowest BCUT2D eigenvalue weighted by atomic mass is 10.3. The first-order valence-corrected chi connectivity index (χ1v) is 6.42. The number of ether oxygens (including phenoxy) is 1. The number of likely N-dealkylation sites (N-methyl/N-ethyl adjacent to an activating group) is 1. The summed E-state index contributed by atoms with van der Waals surface area (Å²) in [4.78, 5) is 4.87. The van der Waals surface area contributed by atoms with Crippen LogP contribution in [0.25, 0.3) is 0 Å². The van der Waals surface area contributed by atoms with Crippen LogP contribution in [-0.4, -0.2) is 67.6 Å². The van der Waals surface area contributed by atoms with Crippen molar-refractivity contribution in [3.8, 4) is 0 Å². The third-order valence-electron chi connectivity index (χ3n) is 2.85. The zero-order valence-corrected chi connectivity index (χ0v) is 10.8. The smallest absolute Gasteiger partial charge is 0.0594 e. The normalized spacial score (nSPS) is 21.4. The Morgan fingerprint density at radius 2 is 2.07 bits per heavy atom. The Balaban J connectivity index is 2.12. The summed E-state index contributed by atoms with van der Waals surface area (Å²) in [6.07, 6.45) is 0. The second-order valence-electron chi connectivity index (χ2n) is 3.94. The summed E-state index contributed by atoms with van der Waals surface area (Å²) in [5.74, 6) is 0. The van der Waals surface area contributed by atoms with E-state index < -0.39 is 0 Å². The van der Waals surface area contributed by atoms with Crippen molar-refractivity contribution in [2.24, 2.45) is 0 Å². The quantitative estimate of drug-likeness (QED) is 0.691. The van der Waals surface area contributed by atoms with E-state index in [1.54, 1.807) is 0 Å². The highest BCUT2D eigenvalue weighted by molar-refractivity contribution is 9.09. The topological polar surface area (TPSA) is 15.7 Å². The molecule has 1 atom stereocenters. The number of halogens is 1. The average molecular weight is 265 g/mol. The number of hydrogen-bond donors (Lipinski definition) is 0. The lowest BCUT2D eigenvalue weighted by Crippen LogP contribution is -2.42. The molecule has 0 N–H and O–H groups in total. The van der Waals surface area contributed by atoms with E-state index in [0.717, 1.165) is 44.7 Å². The maximum absolute atomic E-state index is 5.31. The average Bonchev–Trinajstić information content (AvgIpc) is 2.26. The summed E-state index contributed by atoms with van der Waals surface area (Å²) >= 11 is 3.51. The molecule has 0 saturated carbocycles. The molecule has 0 aromatic rings. The van der Waals surface area contributed by atoms with Gasteiger partial charge in [-0.2, -0.15) is 0 Å². The van der Waals surface area contributed by atoms with Crippen LogP contribution in [0.3, 0.4) is 0 Å². The van der Waals surface area contributed by atoms with Crippen molar-refractivity contribution in [3.63, 3.8) is 0 Å². The monoisotopic (exact) mass is 264 g/mol. The fourth-order valence-electron chi connectivity index (χ4n) is 1.46. The van der Waals surface area contributed by atoms with E-state index in [1.807, 2.05) is 0 Å². The van der Waals surface area contributed by atoms with Crippen molar-refractivity contribution in [2.75, 3.05) is 51.8 Å². The second kappa shape index (κ2) is 6.77. The van der Waals surface area contributed by atoms with E-state index in [4.69, 9.17) is 4.74 Å². The van der Waals surface area contributed by atoms with Gasteiger partial charge in [-0.3, -0.25) is 4.90 Å². The SMILES string of the molecule is CC(CBr)N(C)CCN1CCOCC1. The minimum absolute atomic E-state index is 0.621. The summed E-state index contributed by atoms with van der Waals surface area (Å²) in [6.45, 7) is 8.54. The Kier molecular flexibility index (Phi) is 6.01. The molecular weight excluding hydrogens is 244 g/mol. The molecule has 1 heterocycles. The second-order valence-corrected chi connectivity index (χ2v) is 4.59. The molecule has 0 spiro atoms. The molecule has 3 nitrogen and oxygen atoms in total. The van der Waals surface area contributed by atoms with Gasteiger partial charge < -0.3 is 9.64 Å². The van der Waals surface area contributed by atoms with Crippen LogP contribution in [0.15, 0.2) is 0 Å². The van der Waals surface area contributed by atoms with Crippen molar-refractivity contribution in [2.45, 2.75) is 13.0 Å². The van der Waals surface area contributed by atoms with Crippen molar-refractivity contribution in [1.29, 1.82) is 0 Å². The molecule has 4 heteroatoms. The first-order valence-electron chi connectivity index (χ1n) is 5.30. The zero-order chi connectivity index (χ0) is 10.4. The first-order chi connectivity index (χ1) is 6.74. The van der Waals surface area contributed by atoms with Gasteiger partial charge in [0.2, 0.25) is 0 Å². The molecule has 0 aromatic carbocycles. The fraction of sp³-hybridized carbons (Fsp3) is 1.00. The summed E-state index contributed by atoms with van der Waals surface area (Å²) < 4.78 is 5.31. The lowest BCUT2D eigenvalue weighted by Gasteiger charge is -2.30. The van der Waals surface area contributed by atoms with Gasteiger partial charge in [0.25, 0.3) is 0 Å². The predicted molar refractivity (Wildman–Crippen MR) is 63.1 cm³/mol. The summed E-state index contributed by atoms with van der Waals surface area (Å²) in [5, 5.41) is 1.05. The molecule has 14 heavy (non-hydrogen) atoms. The van der Waals surface area contributed by atoms with Crippen molar-refractivity contribution >= 4 is 15.9 Å². The number of morpholine rings is 1. The van der Waals surface area contributed by atoms with E-state index in [2.05, 4.69) is 39.7 Å². The zero-order valence-electron chi connectivity index (χ0n) is 9.21. The molecule has 1 rings (SSSR count). The van der Waals surface area contributed by atoms with E-state index in [1.165, 1.54) is 0 Å². The van der Waals surface area contributed by atoms with Crippen LogP contribution in [-0.2, 0) is 4.74 Å². The van der Waals surface area contributed by atoms with Gasteiger partial charge in [-0.1, -0.05) is 15.9 Å². The van der Waals surface area contributed by atoms with Crippen LogP contribution in [0.5, 0.6) is 0 Å². The Hall–Kier alpha value is 0.360. The molecule has 0 aliphatic carbocycles. The van der Waals surface area contributed by atoms with Gasteiger partial charge in [0, 0.05) is 37.6 Å². The van der Waals surface area contributed by atoms with E-state index in [0.29, 0.717) is 6.04 Å². The van der Waals surface area contributed by atoms with Crippen molar-refractivity contribution in [1.82, 2.24) is 9.80 Å². The molecule has 1 fully saturated rings. The Morgan fingerprint density at radius 3 is 2.64 bits per heavy atom. The van der Waals surface area contributed by atoms with Crippen LogP contribution < -0.4 is 0 Å². The third-order valence-corrected chi connectivity index (χ3v) is 3.79. The summed E-state index contributed by atoms with van der Waals surface area (Å²) in [6, 6.07) is 0.621. The standard InChI is InChI=1S/C10H21BrN2O/c1-10(9-11)12(2)3-4-13-5-7-14-8-6-13/h10H,3-9H2,1-2H3. The predicted octanol–water partition coefficient (Wildman–Crippen LogP) is 1.03. The first kappa shape index (κ1) is 12.4. The van der Waals surface area contributed by atoms with Crippen LogP contribution in [0, 0.1) is 0 Å². The van der Waals surface area contributed by atoms with E-state index in [-0.39, 0.29) is 0 Å². The van der Waals surface area contributed by atoms with Gasteiger partial charge in [0.1, 0.15) is 0 Å². The van der Waals surface area contributed by atoms with E-state index in [9.17, 15) is 0 Å². The number of nitrogens with zero attached hydrogens (tertiary/aromatic N) is 2. The largest absolute Gasteiger partial charge is 0.379 e. The molecule has 1 aliphatic rings. The molecule has 0 aromatic heterocycles. The van der Waals surface area contributed by atoms with Gasteiger partial charge in [0.15, 0.2) is 0 Å². The van der Waals surface area contributed by atoms with E-state index >= 15 is 0 Å². The highest BCUT2D eigenvalue weighted by Crippen LogP contribution is 2.01. The van der Waals surface area contributed by atoms with Crippen molar-refractivity contribution < 1.29 is 4.74 Å². The molecule has 1 unspecified atom stereocenters. The maximum Gasteiger partial charge on any atom is 0.0594 e. The molecular formula is C10H21BrN2O. The van der Waals surface area contributed by atoms with Gasteiger partial charge in [-0.25, -0.2) is 0 Å². The Morgan fingerprint density at radius 1 is 1.43 bits per heavy atom. The number of alkyl halides is 1. The van der Waals surface area contributed by atoms with Gasteiger partial charge in [-0.05, 0) is 14.0 Å². The van der Waals surface area contributed by atoms with Crippen LogP contribution in [0.2, 0.25) is 0 Å². The Labute approximate surface area is 95.5 Å². The van der Waals surface area contributed by atoms with Crippen LogP contribution in [0.1, 0.15) is 6.92 Å². The lowest BCUT2D eigenvalue weighted by molar-refractivity contribution is 0.0334. The molecule has 0 radical (unpaired) electrons. The maximum atomic E-state index is 5.31. The molecule has 0 bridgehead atoms. The Bertz CT molecular complexity index is 149. The van der Waals surface area contributed by atoms with Crippen molar-refractivity contribution in [3.05, 3.63) is 0 Å². The van der Waals surface area contributed by atoms with Crippen LogP contribution in [0.4, 0.5) is 0 Å². The number of rotatable bonds is 5.